The van der Waals surface area contributed by atoms with Gasteiger partial charge in [-0.2, -0.15) is 13.2 Å². The minimum Gasteiger partial charge on any atom is -0.309 e. The fourth-order valence-electron chi connectivity index (χ4n) is 1.95. The highest BCUT2D eigenvalue weighted by Gasteiger charge is 2.32. The minimum atomic E-state index is -4.35. The van der Waals surface area contributed by atoms with E-state index in [1.54, 1.807) is 24.3 Å². The van der Waals surface area contributed by atoms with E-state index in [0.717, 1.165) is 11.6 Å². The summed E-state index contributed by atoms with van der Waals surface area (Å²) in [7, 11) is 0. The number of hydrogen-bond acceptors (Lipinski definition) is 1. The Kier molecular flexibility index (Phi) is 5.14. The second-order valence-electron chi connectivity index (χ2n) is 4.49. The molecule has 112 valence electrons. The van der Waals surface area contributed by atoms with Crippen LogP contribution in [-0.4, -0.2) is 0 Å². The molecular formula is C15H12Cl2F3N. The average molecular weight is 334 g/mol. The molecule has 2 aromatic carbocycles. The molecule has 0 fully saturated rings. The summed E-state index contributed by atoms with van der Waals surface area (Å²) in [5, 5.41) is 3.97. The van der Waals surface area contributed by atoms with Crippen molar-refractivity contribution in [1.29, 1.82) is 0 Å². The average Bonchev–Trinajstić information content (AvgIpc) is 2.41. The van der Waals surface area contributed by atoms with E-state index in [-0.39, 0.29) is 12.1 Å². The summed E-state index contributed by atoms with van der Waals surface area (Å²) in [6.45, 7) is 0.469. The van der Waals surface area contributed by atoms with Crippen molar-refractivity contribution in [2.24, 2.45) is 0 Å². The van der Waals surface area contributed by atoms with Crippen LogP contribution in [0, 0.1) is 0 Å². The first-order valence-electron chi connectivity index (χ1n) is 6.17. The summed E-state index contributed by atoms with van der Waals surface area (Å²) >= 11 is 11.8. The maximum Gasteiger partial charge on any atom is 0.416 e. The summed E-state index contributed by atoms with van der Waals surface area (Å²) in [4.78, 5) is 0. The fraction of sp³-hybridized carbons (Fsp3) is 0.200. The van der Waals surface area contributed by atoms with Crippen molar-refractivity contribution in [1.82, 2.24) is 5.32 Å². The maximum absolute atomic E-state index is 12.8. The largest absolute Gasteiger partial charge is 0.416 e. The molecule has 0 bridgehead atoms. The van der Waals surface area contributed by atoms with Crippen molar-refractivity contribution in [3.05, 3.63) is 69.2 Å². The molecule has 21 heavy (non-hydrogen) atoms. The van der Waals surface area contributed by atoms with Crippen LogP contribution in [0.4, 0.5) is 13.2 Å². The lowest BCUT2D eigenvalue weighted by Gasteiger charge is -2.13. The number of nitrogens with one attached hydrogen (secondary N) is 1. The van der Waals surface area contributed by atoms with E-state index in [1.165, 1.54) is 12.1 Å². The Morgan fingerprint density at radius 2 is 1.57 bits per heavy atom. The smallest absolute Gasteiger partial charge is 0.309 e. The first kappa shape index (κ1) is 16.1. The van der Waals surface area contributed by atoms with Crippen LogP contribution in [0.25, 0.3) is 0 Å². The number of halogens is 5. The highest BCUT2D eigenvalue weighted by Crippen LogP contribution is 2.31. The van der Waals surface area contributed by atoms with Crippen molar-refractivity contribution in [3.8, 4) is 0 Å². The van der Waals surface area contributed by atoms with E-state index in [9.17, 15) is 13.2 Å². The zero-order chi connectivity index (χ0) is 15.5. The first-order chi connectivity index (χ1) is 9.88. The van der Waals surface area contributed by atoms with Crippen LogP contribution in [0.5, 0.6) is 0 Å². The first-order valence-corrected chi connectivity index (χ1v) is 6.93. The van der Waals surface area contributed by atoms with E-state index >= 15 is 0 Å². The summed E-state index contributed by atoms with van der Waals surface area (Å²) in [6.07, 6.45) is -4.35. The monoisotopic (exact) mass is 333 g/mol. The van der Waals surface area contributed by atoms with Gasteiger partial charge in [0.2, 0.25) is 0 Å². The van der Waals surface area contributed by atoms with Gasteiger partial charge in [0.25, 0.3) is 0 Å². The molecule has 0 aliphatic heterocycles. The van der Waals surface area contributed by atoms with Gasteiger partial charge in [-0.3, -0.25) is 0 Å². The zero-order valence-electron chi connectivity index (χ0n) is 10.8. The van der Waals surface area contributed by atoms with E-state index in [0.29, 0.717) is 16.6 Å². The summed E-state index contributed by atoms with van der Waals surface area (Å²) in [5.41, 5.74) is 0.361. The standard InChI is InChI=1S/C15H12Cl2F3N/c16-12-6-5-11(14(17)7-12)9-21-8-10-3-1-2-4-13(10)15(18,19)20/h1-7,21H,8-9H2. The molecule has 1 N–H and O–H groups in total. The Morgan fingerprint density at radius 1 is 0.905 bits per heavy atom. The normalized spacial score (nSPS) is 11.7. The van der Waals surface area contributed by atoms with Crippen molar-refractivity contribution < 1.29 is 13.2 Å². The summed E-state index contributed by atoms with van der Waals surface area (Å²) in [6, 6.07) is 10.5. The highest BCUT2D eigenvalue weighted by atomic mass is 35.5. The lowest BCUT2D eigenvalue weighted by atomic mass is 10.1. The van der Waals surface area contributed by atoms with Crippen molar-refractivity contribution >= 4 is 23.2 Å². The number of benzene rings is 2. The molecule has 0 aliphatic carbocycles. The van der Waals surface area contributed by atoms with Crippen LogP contribution < -0.4 is 5.32 Å². The van der Waals surface area contributed by atoms with Gasteiger partial charge in [-0.1, -0.05) is 47.5 Å². The summed E-state index contributed by atoms with van der Waals surface area (Å²) < 4.78 is 38.5. The molecule has 6 heteroatoms. The quantitative estimate of drug-likeness (QED) is 0.800. The van der Waals surface area contributed by atoms with Gasteiger partial charge in [0.15, 0.2) is 0 Å². The number of alkyl halides is 3. The predicted molar refractivity (Wildman–Crippen MR) is 78.4 cm³/mol. The Balaban J connectivity index is 2.04. The lowest BCUT2D eigenvalue weighted by Crippen LogP contribution is -2.17. The third-order valence-electron chi connectivity index (χ3n) is 2.97. The molecule has 0 heterocycles. The molecule has 0 radical (unpaired) electrons. The molecule has 0 saturated heterocycles. The molecule has 1 nitrogen and oxygen atoms in total. The van der Waals surface area contributed by atoms with E-state index in [2.05, 4.69) is 5.32 Å². The molecule has 0 atom stereocenters. The van der Waals surface area contributed by atoms with Crippen LogP contribution in [0.15, 0.2) is 42.5 Å². The molecule has 0 spiro atoms. The van der Waals surface area contributed by atoms with Gasteiger partial charge < -0.3 is 5.32 Å². The molecular weight excluding hydrogens is 322 g/mol. The van der Waals surface area contributed by atoms with Gasteiger partial charge in [0, 0.05) is 23.1 Å². The summed E-state index contributed by atoms with van der Waals surface area (Å²) in [5.74, 6) is 0. The van der Waals surface area contributed by atoms with Crippen molar-refractivity contribution in [2.75, 3.05) is 0 Å². The maximum atomic E-state index is 12.8. The van der Waals surface area contributed by atoms with E-state index < -0.39 is 11.7 Å². The van der Waals surface area contributed by atoms with E-state index in [1.807, 2.05) is 0 Å². The zero-order valence-corrected chi connectivity index (χ0v) is 12.4. The third kappa shape index (κ3) is 4.37. The molecule has 0 aromatic heterocycles. The van der Waals surface area contributed by atoms with Gasteiger partial charge in [-0.15, -0.1) is 0 Å². The van der Waals surface area contributed by atoms with Crippen molar-refractivity contribution in [3.63, 3.8) is 0 Å². The topological polar surface area (TPSA) is 12.0 Å². The number of rotatable bonds is 4. The molecule has 0 saturated carbocycles. The second kappa shape index (κ2) is 6.69. The Hall–Kier alpha value is -1.23. The van der Waals surface area contributed by atoms with E-state index in [4.69, 9.17) is 23.2 Å². The van der Waals surface area contributed by atoms with Crippen LogP contribution in [0.3, 0.4) is 0 Å². The molecule has 2 aromatic rings. The fourth-order valence-corrected chi connectivity index (χ4v) is 2.42. The van der Waals surface area contributed by atoms with Crippen molar-refractivity contribution in [2.45, 2.75) is 19.3 Å². The van der Waals surface area contributed by atoms with Gasteiger partial charge in [0.1, 0.15) is 0 Å². The van der Waals surface area contributed by atoms with Gasteiger partial charge in [-0.25, -0.2) is 0 Å². The SMILES string of the molecule is FC(F)(F)c1ccccc1CNCc1ccc(Cl)cc1Cl. The predicted octanol–water partition coefficient (Wildman–Crippen LogP) is 5.30. The van der Waals surface area contributed by atoms with Crippen LogP contribution in [0.1, 0.15) is 16.7 Å². The van der Waals surface area contributed by atoms with Gasteiger partial charge >= 0.3 is 6.18 Å². The minimum absolute atomic E-state index is 0.106. The molecule has 0 aliphatic rings. The molecule has 2 rings (SSSR count). The Labute approximate surface area is 130 Å². The number of hydrogen-bond donors (Lipinski definition) is 1. The van der Waals surface area contributed by atoms with Crippen LogP contribution in [-0.2, 0) is 19.3 Å². The molecule has 0 unspecified atom stereocenters. The van der Waals surface area contributed by atoms with Gasteiger partial charge in [0.05, 0.1) is 5.56 Å². The Morgan fingerprint density at radius 3 is 2.24 bits per heavy atom. The van der Waals surface area contributed by atoms with Crippen LogP contribution in [0.2, 0.25) is 10.0 Å². The van der Waals surface area contributed by atoms with Crippen LogP contribution >= 0.6 is 23.2 Å². The highest BCUT2D eigenvalue weighted by molar-refractivity contribution is 6.35. The Bertz CT molecular complexity index is 627. The lowest BCUT2D eigenvalue weighted by molar-refractivity contribution is -0.138. The van der Waals surface area contributed by atoms with Gasteiger partial charge in [-0.05, 0) is 29.3 Å². The third-order valence-corrected chi connectivity index (χ3v) is 3.56. The molecule has 0 amide bonds. The second-order valence-corrected chi connectivity index (χ2v) is 5.34.